The highest BCUT2D eigenvalue weighted by atomic mass is 79.9. The van der Waals surface area contributed by atoms with Crippen molar-refractivity contribution in [1.82, 2.24) is 5.32 Å². The average Bonchev–Trinajstić information content (AvgIpc) is 2.58. The molecule has 0 aromatic carbocycles. The van der Waals surface area contributed by atoms with Gasteiger partial charge in [0, 0.05) is 10.5 Å². The van der Waals surface area contributed by atoms with Crippen LogP contribution in [0.25, 0.3) is 0 Å². The van der Waals surface area contributed by atoms with E-state index in [4.69, 9.17) is 0 Å². The van der Waals surface area contributed by atoms with Gasteiger partial charge in [0.25, 0.3) is 5.91 Å². The fourth-order valence-electron chi connectivity index (χ4n) is 1.85. The summed E-state index contributed by atoms with van der Waals surface area (Å²) < 4.78 is 24.6. The van der Waals surface area contributed by atoms with Gasteiger partial charge in [-0.3, -0.25) is 4.79 Å². The van der Waals surface area contributed by atoms with E-state index in [0.29, 0.717) is 11.3 Å². The Labute approximate surface area is 126 Å². The first-order valence-electron chi connectivity index (χ1n) is 5.33. The second kappa shape index (κ2) is 5.60. The van der Waals surface area contributed by atoms with Gasteiger partial charge in [0.1, 0.15) is 0 Å². The highest BCUT2D eigenvalue weighted by molar-refractivity contribution is 9.13. The molecule has 100 valence electrons. The largest absolute Gasteiger partial charge is 0.348 e. The van der Waals surface area contributed by atoms with Crippen molar-refractivity contribution in [2.24, 2.45) is 0 Å². The number of hydrogen-bond donors (Lipinski definition) is 1. The van der Waals surface area contributed by atoms with Crippen LogP contribution in [0.3, 0.4) is 0 Å². The van der Waals surface area contributed by atoms with Gasteiger partial charge in [0.2, 0.25) is 0 Å². The van der Waals surface area contributed by atoms with Crippen LogP contribution in [-0.4, -0.2) is 31.9 Å². The fourth-order valence-corrected chi connectivity index (χ4v) is 5.43. The Balaban J connectivity index is 2.03. The maximum Gasteiger partial charge on any atom is 0.261 e. The number of thiophene rings is 1. The summed E-state index contributed by atoms with van der Waals surface area (Å²) in [4.78, 5) is 12.5. The van der Waals surface area contributed by atoms with E-state index in [2.05, 4.69) is 37.2 Å². The molecule has 1 fully saturated rings. The van der Waals surface area contributed by atoms with Crippen LogP contribution in [0.4, 0.5) is 0 Å². The highest BCUT2D eigenvalue weighted by Gasteiger charge is 2.26. The lowest BCUT2D eigenvalue weighted by Crippen LogP contribution is -2.42. The number of sulfone groups is 1. The molecule has 0 bridgehead atoms. The molecule has 1 unspecified atom stereocenters. The molecule has 1 saturated heterocycles. The molecule has 0 saturated carbocycles. The molecule has 2 heterocycles. The lowest BCUT2D eigenvalue weighted by molar-refractivity contribution is 0.0942. The number of nitrogens with one attached hydrogen (secondary N) is 1. The molecule has 0 radical (unpaired) electrons. The van der Waals surface area contributed by atoms with Crippen molar-refractivity contribution in [1.29, 1.82) is 0 Å². The third-order valence-electron chi connectivity index (χ3n) is 2.67. The Morgan fingerprint density at radius 1 is 1.44 bits per heavy atom. The maximum absolute atomic E-state index is 12.0. The fraction of sp³-hybridized carbons (Fsp3) is 0.500. The molecular formula is C10H11Br2NO3S2. The van der Waals surface area contributed by atoms with Crippen LogP contribution in [0.2, 0.25) is 0 Å². The zero-order valence-electron chi connectivity index (χ0n) is 9.28. The summed E-state index contributed by atoms with van der Waals surface area (Å²) in [5.41, 5.74) is 0. The van der Waals surface area contributed by atoms with Crippen molar-refractivity contribution in [2.75, 3.05) is 11.5 Å². The van der Waals surface area contributed by atoms with E-state index in [1.54, 1.807) is 6.07 Å². The monoisotopic (exact) mass is 415 g/mol. The van der Waals surface area contributed by atoms with Gasteiger partial charge in [0.15, 0.2) is 9.84 Å². The highest BCUT2D eigenvalue weighted by Crippen LogP contribution is 2.32. The van der Waals surface area contributed by atoms with Crippen molar-refractivity contribution in [3.05, 3.63) is 19.2 Å². The number of amides is 1. The van der Waals surface area contributed by atoms with Crippen molar-refractivity contribution < 1.29 is 13.2 Å². The molecule has 1 aromatic heterocycles. The van der Waals surface area contributed by atoms with Gasteiger partial charge < -0.3 is 5.32 Å². The third kappa shape index (κ3) is 3.55. The van der Waals surface area contributed by atoms with Crippen LogP contribution in [0.1, 0.15) is 22.5 Å². The van der Waals surface area contributed by atoms with Crippen LogP contribution < -0.4 is 5.32 Å². The van der Waals surface area contributed by atoms with Crippen molar-refractivity contribution in [3.63, 3.8) is 0 Å². The Morgan fingerprint density at radius 2 is 2.17 bits per heavy atom. The van der Waals surface area contributed by atoms with Crippen LogP contribution in [0.15, 0.2) is 14.3 Å². The number of rotatable bonds is 2. The van der Waals surface area contributed by atoms with Crippen LogP contribution >= 0.6 is 43.2 Å². The van der Waals surface area contributed by atoms with Gasteiger partial charge in [-0.25, -0.2) is 8.42 Å². The lowest BCUT2D eigenvalue weighted by Gasteiger charge is -2.22. The number of carbonyl (C=O) groups is 1. The summed E-state index contributed by atoms with van der Waals surface area (Å²) in [5, 5.41) is 2.78. The summed E-state index contributed by atoms with van der Waals surface area (Å²) in [6.07, 6.45) is 1.34. The summed E-state index contributed by atoms with van der Waals surface area (Å²) >= 11 is 7.96. The minimum Gasteiger partial charge on any atom is -0.348 e. The molecule has 1 aromatic rings. The Bertz CT molecular complexity index is 548. The molecule has 0 spiro atoms. The summed E-state index contributed by atoms with van der Waals surface area (Å²) in [6, 6.07) is 1.46. The molecule has 0 aliphatic carbocycles. The van der Waals surface area contributed by atoms with E-state index >= 15 is 0 Å². The summed E-state index contributed by atoms with van der Waals surface area (Å²) in [5.74, 6) is 0.0653. The van der Waals surface area contributed by atoms with Crippen molar-refractivity contribution in [2.45, 2.75) is 18.9 Å². The maximum atomic E-state index is 12.0. The summed E-state index contributed by atoms with van der Waals surface area (Å²) in [7, 11) is -2.99. The average molecular weight is 417 g/mol. The van der Waals surface area contributed by atoms with Crippen molar-refractivity contribution >= 4 is 58.9 Å². The molecular weight excluding hydrogens is 406 g/mol. The molecule has 1 amide bonds. The molecule has 1 N–H and O–H groups in total. The normalized spacial score (nSPS) is 22.7. The first kappa shape index (κ1) is 14.5. The van der Waals surface area contributed by atoms with Crippen LogP contribution in [-0.2, 0) is 9.84 Å². The second-order valence-electron chi connectivity index (χ2n) is 4.16. The molecule has 2 rings (SSSR count). The smallest absolute Gasteiger partial charge is 0.261 e. The number of halogens is 2. The predicted octanol–water partition coefficient (Wildman–Crippen LogP) is 2.58. The Kier molecular flexibility index (Phi) is 4.51. The minimum absolute atomic E-state index is 0.0481. The predicted molar refractivity (Wildman–Crippen MR) is 78.9 cm³/mol. The molecule has 18 heavy (non-hydrogen) atoms. The quantitative estimate of drug-likeness (QED) is 0.805. The topological polar surface area (TPSA) is 63.2 Å². The number of hydrogen-bond acceptors (Lipinski definition) is 4. The summed E-state index contributed by atoms with van der Waals surface area (Å²) in [6.45, 7) is 0. The zero-order chi connectivity index (χ0) is 13.3. The first-order chi connectivity index (χ1) is 8.37. The van der Waals surface area contributed by atoms with E-state index in [1.165, 1.54) is 11.3 Å². The van der Waals surface area contributed by atoms with Gasteiger partial charge in [-0.2, -0.15) is 0 Å². The van der Waals surface area contributed by atoms with Gasteiger partial charge in [-0.15, -0.1) is 11.3 Å². The van der Waals surface area contributed by atoms with E-state index in [9.17, 15) is 13.2 Å². The Morgan fingerprint density at radius 3 is 2.72 bits per heavy atom. The molecule has 4 nitrogen and oxygen atoms in total. The molecule has 1 aliphatic rings. The van der Waals surface area contributed by atoms with Gasteiger partial charge >= 0.3 is 0 Å². The second-order valence-corrected chi connectivity index (χ2v) is 9.61. The van der Waals surface area contributed by atoms with Gasteiger partial charge in [-0.05, 0) is 50.8 Å². The zero-order valence-corrected chi connectivity index (χ0v) is 14.1. The standard InChI is InChI=1S/C10H11Br2NO3S2/c11-7-4-8(17-9(7)12)10(14)13-6-2-1-3-18(15,16)5-6/h4,6H,1-3,5H2,(H,13,14). The Hall–Kier alpha value is 0.0800. The molecule has 8 heteroatoms. The minimum atomic E-state index is -2.99. The van der Waals surface area contributed by atoms with Gasteiger partial charge in [0.05, 0.1) is 20.2 Å². The van der Waals surface area contributed by atoms with Crippen LogP contribution in [0, 0.1) is 0 Å². The molecule has 1 atom stereocenters. The van der Waals surface area contributed by atoms with E-state index in [0.717, 1.165) is 14.7 Å². The molecule has 1 aliphatic heterocycles. The third-order valence-corrected chi connectivity index (χ3v) is 7.74. The van der Waals surface area contributed by atoms with E-state index in [1.807, 2.05) is 0 Å². The van der Waals surface area contributed by atoms with Crippen LogP contribution in [0.5, 0.6) is 0 Å². The first-order valence-corrected chi connectivity index (χ1v) is 9.56. The van der Waals surface area contributed by atoms with E-state index in [-0.39, 0.29) is 23.5 Å². The number of carbonyl (C=O) groups excluding carboxylic acids is 1. The lowest BCUT2D eigenvalue weighted by atomic mass is 10.2. The van der Waals surface area contributed by atoms with Crippen molar-refractivity contribution in [3.8, 4) is 0 Å². The van der Waals surface area contributed by atoms with Gasteiger partial charge in [-0.1, -0.05) is 0 Å². The van der Waals surface area contributed by atoms with E-state index < -0.39 is 9.84 Å². The SMILES string of the molecule is O=C(NC1CCCS(=O)(=O)C1)c1cc(Br)c(Br)s1.